The first-order valence-corrected chi connectivity index (χ1v) is 8.85. The molecule has 4 nitrogen and oxygen atoms in total. The predicted molar refractivity (Wildman–Crippen MR) is 91.6 cm³/mol. The molecule has 3 aromatic rings. The fourth-order valence-electron chi connectivity index (χ4n) is 2.34. The first kappa shape index (κ1) is 17.0. The van der Waals surface area contributed by atoms with Crippen LogP contribution in [0.25, 0.3) is 11.1 Å². The minimum Gasteiger partial charge on any atom is -0.263 e. The number of sulfonamides is 1. The molecule has 1 aromatic heterocycles. The highest BCUT2D eigenvalue weighted by molar-refractivity contribution is 7.92. The van der Waals surface area contributed by atoms with Gasteiger partial charge in [0.2, 0.25) is 0 Å². The van der Waals surface area contributed by atoms with Gasteiger partial charge in [-0.3, -0.25) is 4.72 Å². The number of aryl methyl sites for hydroxylation is 1. The first-order chi connectivity index (χ1) is 11.8. The molecule has 0 spiro atoms. The average Bonchev–Trinajstić information content (AvgIpc) is 2.54. The van der Waals surface area contributed by atoms with Crippen molar-refractivity contribution in [2.24, 2.45) is 0 Å². The van der Waals surface area contributed by atoms with Crippen LogP contribution in [0.2, 0.25) is 0 Å². The van der Waals surface area contributed by atoms with Crippen LogP contribution in [0.5, 0.6) is 0 Å². The molecular weight excluding hydrogens is 346 g/mol. The summed E-state index contributed by atoms with van der Waals surface area (Å²) in [6, 6.07) is 13.9. The molecule has 0 bridgehead atoms. The van der Waals surface area contributed by atoms with Gasteiger partial charge in [0, 0.05) is 11.8 Å². The highest BCUT2D eigenvalue weighted by Gasteiger charge is 2.15. The van der Waals surface area contributed by atoms with Crippen molar-refractivity contribution in [2.75, 3.05) is 4.72 Å². The summed E-state index contributed by atoms with van der Waals surface area (Å²) in [7, 11) is -3.81. The Morgan fingerprint density at radius 1 is 0.880 bits per heavy atom. The van der Waals surface area contributed by atoms with Crippen LogP contribution in [-0.4, -0.2) is 13.4 Å². The standard InChI is InChI=1S/C18H14F2N2O2S/c1-12-3-2-4-18(21-12)22-25(23,24)17-7-5-13(6-8-17)14-9-15(19)11-16(20)10-14/h2-11H,1H3,(H,21,22). The molecule has 0 saturated carbocycles. The van der Waals surface area contributed by atoms with Gasteiger partial charge in [-0.25, -0.2) is 22.2 Å². The van der Waals surface area contributed by atoms with E-state index in [0.29, 0.717) is 16.8 Å². The molecule has 128 valence electrons. The lowest BCUT2D eigenvalue weighted by Gasteiger charge is -2.09. The number of halogens is 2. The molecule has 25 heavy (non-hydrogen) atoms. The topological polar surface area (TPSA) is 59.1 Å². The highest BCUT2D eigenvalue weighted by atomic mass is 32.2. The molecule has 0 saturated heterocycles. The molecule has 0 aliphatic rings. The maximum Gasteiger partial charge on any atom is 0.263 e. The van der Waals surface area contributed by atoms with Gasteiger partial charge in [0.25, 0.3) is 10.0 Å². The Bertz CT molecular complexity index is 999. The molecule has 1 N–H and O–H groups in total. The van der Waals surface area contributed by atoms with Crippen LogP contribution >= 0.6 is 0 Å². The number of benzene rings is 2. The van der Waals surface area contributed by atoms with E-state index in [1.54, 1.807) is 25.1 Å². The largest absolute Gasteiger partial charge is 0.263 e. The van der Waals surface area contributed by atoms with E-state index in [1.165, 1.54) is 36.4 Å². The quantitative estimate of drug-likeness (QED) is 0.761. The smallest absolute Gasteiger partial charge is 0.263 e. The van der Waals surface area contributed by atoms with E-state index >= 15 is 0 Å². The van der Waals surface area contributed by atoms with Crippen LogP contribution in [-0.2, 0) is 10.0 Å². The summed E-state index contributed by atoms with van der Waals surface area (Å²) in [6.45, 7) is 1.75. The minimum atomic E-state index is -3.81. The molecule has 0 unspecified atom stereocenters. The Kier molecular flexibility index (Phi) is 4.50. The molecule has 0 atom stereocenters. The number of nitrogens with one attached hydrogen (secondary N) is 1. The van der Waals surface area contributed by atoms with E-state index in [1.807, 2.05) is 0 Å². The molecule has 0 fully saturated rings. The van der Waals surface area contributed by atoms with Gasteiger partial charge in [-0.15, -0.1) is 0 Å². The number of pyridine rings is 1. The lowest BCUT2D eigenvalue weighted by molar-refractivity contribution is 0.584. The van der Waals surface area contributed by atoms with E-state index in [4.69, 9.17) is 0 Å². The van der Waals surface area contributed by atoms with Crippen LogP contribution in [0.4, 0.5) is 14.6 Å². The monoisotopic (exact) mass is 360 g/mol. The Morgan fingerprint density at radius 3 is 2.12 bits per heavy atom. The zero-order valence-electron chi connectivity index (χ0n) is 13.2. The predicted octanol–water partition coefficient (Wildman–Crippen LogP) is 4.14. The first-order valence-electron chi connectivity index (χ1n) is 7.36. The van der Waals surface area contributed by atoms with Gasteiger partial charge >= 0.3 is 0 Å². The summed E-state index contributed by atoms with van der Waals surface area (Å²) >= 11 is 0. The maximum atomic E-state index is 13.3. The highest BCUT2D eigenvalue weighted by Crippen LogP contribution is 2.24. The summed E-state index contributed by atoms with van der Waals surface area (Å²) in [4.78, 5) is 4.12. The Hall–Kier alpha value is -2.80. The molecule has 0 amide bonds. The van der Waals surface area contributed by atoms with Gasteiger partial charge in [0.05, 0.1) is 4.90 Å². The van der Waals surface area contributed by atoms with Crippen molar-refractivity contribution in [1.82, 2.24) is 4.98 Å². The van der Waals surface area contributed by atoms with E-state index in [9.17, 15) is 17.2 Å². The van der Waals surface area contributed by atoms with Gasteiger partial charge in [-0.1, -0.05) is 18.2 Å². The van der Waals surface area contributed by atoms with Crippen LogP contribution in [0, 0.1) is 18.6 Å². The summed E-state index contributed by atoms with van der Waals surface area (Å²) in [5.41, 5.74) is 1.52. The van der Waals surface area contributed by atoms with Crippen molar-refractivity contribution >= 4 is 15.8 Å². The molecular formula is C18H14F2N2O2S. The van der Waals surface area contributed by atoms with Gasteiger partial charge in [-0.2, -0.15) is 0 Å². The normalized spacial score (nSPS) is 11.3. The van der Waals surface area contributed by atoms with E-state index < -0.39 is 21.7 Å². The lowest BCUT2D eigenvalue weighted by atomic mass is 10.1. The van der Waals surface area contributed by atoms with Crippen LogP contribution < -0.4 is 4.72 Å². The molecule has 0 aliphatic heterocycles. The van der Waals surface area contributed by atoms with Crippen molar-refractivity contribution in [1.29, 1.82) is 0 Å². The summed E-state index contributed by atoms with van der Waals surface area (Å²) < 4.78 is 53.8. The number of rotatable bonds is 4. The van der Waals surface area contributed by atoms with Crippen LogP contribution in [0.3, 0.4) is 0 Å². The van der Waals surface area contributed by atoms with Gasteiger partial charge < -0.3 is 0 Å². The van der Waals surface area contributed by atoms with Gasteiger partial charge in [0.15, 0.2) is 0 Å². The third kappa shape index (κ3) is 4.00. The minimum absolute atomic E-state index is 0.0245. The number of hydrogen-bond acceptors (Lipinski definition) is 3. The van der Waals surface area contributed by atoms with Crippen molar-refractivity contribution < 1.29 is 17.2 Å². The fraction of sp³-hybridized carbons (Fsp3) is 0.0556. The van der Waals surface area contributed by atoms with Crippen molar-refractivity contribution in [3.8, 4) is 11.1 Å². The zero-order chi connectivity index (χ0) is 18.0. The SMILES string of the molecule is Cc1cccc(NS(=O)(=O)c2ccc(-c3cc(F)cc(F)c3)cc2)n1. The second-order valence-corrected chi connectivity index (χ2v) is 7.13. The average molecular weight is 360 g/mol. The number of nitrogens with zero attached hydrogens (tertiary/aromatic N) is 1. The maximum absolute atomic E-state index is 13.3. The number of anilines is 1. The van der Waals surface area contributed by atoms with Gasteiger partial charge in [-0.05, 0) is 54.4 Å². The van der Waals surface area contributed by atoms with E-state index in [-0.39, 0.29) is 10.7 Å². The summed E-state index contributed by atoms with van der Waals surface area (Å²) in [5.74, 6) is -1.17. The summed E-state index contributed by atoms with van der Waals surface area (Å²) in [5, 5.41) is 0. The van der Waals surface area contributed by atoms with E-state index in [2.05, 4.69) is 9.71 Å². The van der Waals surface area contributed by atoms with Crippen molar-refractivity contribution in [3.05, 3.63) is 78.0 Å². The number of hydrogen-bond donors (Lipinski definition) is 1. The third-order valence-electron chi connectivity index (χ3n) is 3.49. The molecule has 2 aromatic carbocycles. The Balaban J connectivity index is 1.88. The third-order valence-corrected chi connectivity index (χ3v) is 4.86. The van der Waals surface area contributed by atoms with Crippen molar-refractivity contribution in [3.63, 3.8) is 0 Å². The zero-order valence-corrected chi connectivity index (χ0v) is 14.0. The van der Waals surface area contributed by atoms with Crippen LogP contribution in [0.1, 0.15) is 5.69 Å². The second kappa shape index (κ2) is 6.60. The number of aromatic nitrogens is 1. The second-order valence-electron chi connectivity index (χ2n) is 5.45. The van der Waals surface area contributed by atoms with E-state index in [0.717, 1.165) is 6.07 Å². The molecule has 0 aliphatic carbocycles. The Labute approximate surface area is 144 Å². The van der Waals surface area contributed by atoms with Crippen molar-refractivity contribution in [2.45, 2.75) is 11.8 Å². The molecule has 0 radical (unpaired) electrons. The lowest BCUT2D eigenvalue weighted by Crippen LogP contribution is -2.14. The molecule has 7 heteroatoms. The molecule has 1 heterocycles. The Morgan fingerprint density at radius 2 is 1.52 bits per heavy atom. The molecule has 3 rings (SSSR count). The van der Waals surface area contributed by atoms with Crippen LogP contribution in [0.15, 0.2) is 65.6 Å². The summed E-state index contributed by atoms with van der Waals surface area (Å²) in [6.07, 6.45) is 0. The van der Waals surface area contributed by atoms with Gasteiger partial charge in [0.1, 0.15) is 17.5 Å². The fourth-order valence-corrected chi connectivity index (χ4v) is 3.34.